The summed E-state index contributed by atoms with van der Waals surface area (Å²) >= 11 is 0. The van der Waals surface area contributed by atoms with E-state index in [1.54, 1.807) is 12.1 Å². The minimum absolute atomic E-state index is 0.0400. The van der Waals surface area contributed by atoms with E-state index in [9.17, 15) is 13.2 Å². The Hall–Kier alpha value is -1.60. The second kappa shape index (κ2) is 8.31. The molecule has 2 N–H and O–H groups in total. The maximum atomic E-state index is 12.3. The molecule has 7 heteroatoms. The van der Waals surface area contributed by atoms with Crippen LogP contribution in [0.15, 0.2) is 29.2 Å². The van der Waals surface area contributed by atoms with E-state index in [1.807, 2.05) is 6.92 Å². The van der Waals surface area contributed by atoms with Crippen LogP contribution in [0.25, 0.3) is 0 Å². The summed E-state index contributed by atoms with van der Waals surface area (Å²) < 4.78 is 32.6. The van der Waals surface area contributed by atoms with Crippen LogP contribution in [-0.4, -0.2) is 33.5 Å². The van der Waals surface area contributed by atoms with E-state index in [2.05, 4.69) is 10.0 Å². The molecular formula is C16H24N2O4S. The van der Waals surface area contributed by atoms with Crippen LogP contribution in [0, 0.1) is 0 Å². The molecule has 1 saturated carbocycles. The van der Waals surface area contributed by atoms with E-state index >= 15 is 0 Å². The third-order valence-electron chi connectivity index (χ3n) is 3.75. The molecule has 0 bridgehead atoms. The molecule has 1 aromatic carbocycles. The first-order chi connectivity index (χ1) is 11.0. The van der Waals surface area contributed by atoms with Gasteiger partial charge in [-0.3, -0.25) is 4.79 Å². The Kier molecular flexibility index (Phi) is 6.41. The molecular weight excluding hydrogens is 316 g/mol. The zero-order valence-corrected chi connectivity index (χ0v) is 14.2. The molecule has 0 aromatic heterocycles. The number of carbonyl (C=O) groups is 1. The second-order valence-electron chi connectivity index (χ2n) is 5.71. The van der Waals surface area contributed by atoms with Crippen molar-refractivity contribution >= 4 is 15.9 Å². The highest BCUT2D eigenvalue weighted by molar-refractivity contribution is 7.89. The molecule has 0 saturated heterocycles. The lowest BCUT2D eigenvalue weighted by Gasteiger charge is -2.13. The summed E-state index contributed by atoms with van der Waals surface area (Å²) in [6.07, 6.45) is 4.80. The highest BCUT2D eigenvalue weighted by atomic mass is 32.2. The number of sulfonamides is 1. The summed E-state index contributed by atoms with van der Waals surface area (Å²) in [5.41, 5.74) is 0. The third-order valence-corrected chi connectivity index (χ3v) is 5.29. The largest absolute Gasteiger partial charge is 0.484 e. The molecule has 0 unspecified atom stereocenters. The monoisotopic (exact) mass is 340 g/mol. The first-order valence-corrected chi connectivity index (χ1v) is 9.51. The quantitative estimate of drug-likeness (QED) is 0.756. The molecule has 1 fully saturated rings. The first-order valence-electron chi connectivity index (χ1n) is 8.03. The summed E-state index contributed by atoms with van der Waals surface area (Å²) in [5.74, 6) is 0.280. The number of hydrogen-bond donors (Lipinski definition) is 2. The molecule has 0 radical (unpaired) electrons. The van der Waals surface area contributed by atoms with E-state index in [-0.39, 0.29) is 23.5 Å². The van der Waals surface area contributed by atoms with Crippen LogP contribution in [0.5, 0.6) is 5.75 Å². The number of amides is 1. The Morgan fingerprint density at radius 2 is 1.87 bits per heavy atom. The first kappa shape index (κ1) is 17.7. The summed E-state index contributed by atoms with van der Waals surface area (Å²) in [4.78, 5) is 11.7. The van der Waals surface area contributed by atoms with Crippen LogP contribution in [0.1, 0.15) is 39.0 Å². The lowest BCUT2D eigenvalue weighted by Crippen LogP contribution is -2.32. The van der Waals surface area contributed by atoms with Gasteiger partial charge in [0, 0.05) is 12.6 Å². The van der Waals surface area contributed by atoms with Crippen molar-refractivity contribution in [1.29, 1.82) is 0 Å². The molecule has 23 heavy (non-hydrogen) atoms. The van der Waals surface area contributed by atoms with Gasteiger partial charge in [-0.15, -0.1) is 0 Å². The Morgan fingerprint density at radius 1 is 1.22 bits per heavy atom. The van der Waals surface area contributed by atoms with Gasteiger partial charge in [-0.05, 0) is 43.5 Å². The second-order valence-corrected chi connectivity index (χ2v) is 7.43. The van der Waals surface area contributed by atoms with Crippen LogP contribution in [0.2, 0.25) is 0 Å². The zero-order valence-electron chi connectivity index (χ0n) is 13.4. The molecule has 0 atom stereocenters. The number of ether oxygens (including phenoxy) is 1. The number of benzene rings is 1. The molecule has 1 aliphatic rings. The molecule has 128 valence electrons. The van der Waals surface area contributed by atoms with Gasteiger partial charge in [-0.2, -0.15) is 0 Å². The Bertz CT molecular complexity index is 607. The summed E-state index contributed by atoms with van der Waals surface area (Å²) in [7, 11) is -3.49. The predicted octanol–water partition coefficient (Wildman–Crippen LogP) is 1.81. The minimum atomic E-state index is -3.49. The number of hydrogen-bond acceptors (Lipinski definition) is 4. The van der Waals surface area contributed by atoms with Crippen molar-refractivity contribution in [3.05, 3.63) is 24.3 Å². The third kappa shape index (κ3) is 5.51. The SMILES string of the molecule is CCCNC(=O)COc1ccc(S(=O)(=O)NC2CCCC2)cc1. The van der Waals surface area contributed by atoms with Gasteiger partial charge in [0.25, 0.3) is 5.91 Å². The van der Waals surface area contributed by atoms with Gasteiger partial charge in [0.2, 0.25) is 10.0 Å². The van der Waals surface area contributed by atoms with Crippen LogP contribution in [-0.2, 0) is 14.8 Å². The van der Waals surface area contributed by atoms with Gasteiger partial charge < -0.3 is 10.1 Å². The molecule has 1 amide bonds. The molecule has 1 aromatic rings. The molecule has 0 aliphatic heterocycles. The molecule has 0 spiro atoms. The van der Waals surface area contributed by atoms with Crippen molar-refractivity contribution in [2.45, 2.75) is 50.0 Å². The Labute approximate surface area is 137 Å². The Balaban J connectivity index is 1.89. The van der Waals surface area contributed by atoms with Crippen LogP contribution in [0.4, 0.5) is 0 Å². The van der Waals surface area contributed by atoms with E-state index in [0.717, 1.165) is 32.1 Å². The molecule has 0 heterocycles. The zero-order chi connectivity index (χ0) is 16.7. The van der Waals surface area contributed by atoms with Gasteiger partial charge in [0.05, 0.1) is 4.90 Å². The van der Waals surface area contributed by atoms with Crippen molar-refractivity contribution in [3.63, 3.8) is 0 Å². The number of rotatable bonds is 8. The van der Waals surface area contributed by atoms with Gasteiger partial charge in [-0.1, -0.05) is 19.8 Å². The Morgan fingerprint density at radius 3 is 2.48 bits per heavy atom. The fourth-order valence-electron chi connectivity index (χ4n) is 2.51. The summed E-state index contributed by atoms with van der Waals surface area (Å²) in [6, 6.07) is 6.16. The van der Waals surface area contributed by atoms with Crippen molar-refractivity contribution in [2.24, 2.45) is 0 Å². The number of carbonyl (C=O) groups excluding carboxylic acids is 1. The molecule has 6 nitrogen and oxygen atoms in total. The molecule has 2 rings (SSSR count). The minimum Gasteiger partial charge on any atom is -0.484 e. The van der Waals surface area contributed by atoms with Crippen LogP contribution in [0.3, 0.4) is 0 Å². The van der Waals surface area contributed by atoms with Crippen molar-refractivity contribution < 1.29 is 17.9 Å². The van der Waals surface area contributed by atoms with Gasteiger partial charge >= 0.3 is 0 Å². The summed E-state index contributed by atoms with van der Waals surface area (Å²) in [6.45, 7) is 2.51. The van der Waals surface area contributed by atoms with Crippen molar-refractivity contribution in [1.82, 2.24) is 10.0 Å². The van der Waals surface area contributed by atoms with Gasteiger partial charge in [0.15, 0.2) is 6.61 Å². The highest BCUT2D eigenvalue weighted by Gasteiger charge is 2.22. The van der Waals surface area contributed by atoms with E-state index in [1.165, 1.54) is 12.1 Å². The molecule has 1 aliphatic carbocycles. The van der Waals surface area contributed by atoms with E-state index in [0.29, 0.717) is 12.3 Å². The van der Waals surface area contributed by atoms with E-state index in [4.69, 9.17) is 4.74 Å². The average Bonchev–Trinajstić information content (AvgIpc) is 3.03. The lowest BCUT2D eigenvalue weighted by atomic mass is 10.3. The topological polar surface area (TPSA) is 84.5 Å². The van der Waals surface area contributed by atoms with Crippen LogP contribution >= 0.6 is 0 Å². The van der Waals surface area contributed by atoms with Gasteiger partial charge in [0.1, 0.15) is 5.75 Å². The highest BCUT2D eigenvalue weighted by Crippen LogP contribution is 2.21. The maximum Gasteiger partial charge on any atom is 0.257 e. The van der Waals surface area contributed by atoms with E-state index < -0.39 is 10.0 Å². The summed E-state index contributed by atoms with van der Waals surface area (Å²) in [5, 5.41) is 2.71. The van der Waals surface area contributed by atoms with Gasteiger partial charge in [-0.25, -0.2) is 13.1 Å². The fourth-order valence-corrected chi connectivity index (χ4v) is 3.82. The maximum absolute atomic E-state index is 12.3. The number of nitrogens with one attached hydrogen (secondary N) is 2. The normalized spacial score (nSPS) is 15.5. The fraction of sp³-hybridized carbons (Fsp3) is 0.562. The average molecular weight is 340 g/mol. The lowest BCUT2D eigenvalue weighted by molar-refractivity contribution is -0.123. The smallest absolute Gasteiger partial charge is 0.257 e. The standard InChI is InChI=1S/C16H24N2O4S/c1-2-11-17-16(19)12-22-14-7-9-15(10-8-14)23(20,21)18-13-5-3-4-6-13/h7-10,13,18H,2-6,11-12H2,1H3,(H,17,19). The van der Waals surface area contributed by atoms with Crippen molar-refractivity contribution in [3.8, 4) is 5.75 Å². The predicted molar refractivity (Wildman–Crippen MR) is 87.8 cm³/mol. The van der Waals surface area contributed by atoms with Crippen molar-refractivity contribution in [2.75, 3.05) is 13.2 Å². The van der Waals surface area contributed by atoms with Crippen LogP contribution < -0.4 is 14.8 Å².